The maximum atomic E-state index is 10.8. The predicted octanol–water partition coefficient (Wildman–Crippen LogP) is 3.40. The number of hydrogen-bond acceptors (Lipinski definition) is 7. The number of aromatic hydroxyl groups is 1. The van der Waals surface area contributed by atoms with Gasteiger partial charge in [-0.2, -0.15) is 0 Å². The van der Waals surface area contributed by atoms with Crippen LogP contribution in [0.25, 0.3) is 11.5 Å². The maximum absolute atomic E-state index is 10.8. The molecular weight excluding hydrogens is 342 g/mol. The fourth-order valence-corrected chi connectivity index (χ4v) is 2.08. The Morgan fingerprint density at radius 2 is 1.81 bits per heavy atom. The molecule has 26 heavy (non-hydrogen) atoms. The average molecular weight is 353 g/mol. The van der Waals surface area contributed by atoms with Gasteiger partial charge >= 0.3 is 11.9 Å². The molecule has 0 aliphatic carbocycles. The highest BCUT2D eigenvalue weighted by molar-refractivity contribution is 5.88. The van der Waals surface area contributed by atoms with E-state index in [4.69, 9.17) is 9.52 Å². The van der Waals surface area contributed by atoms with E-state index >= 15 is 0 Å². The lowest BCUT2D eigenvalue weighted by Crippen LogP contribution is -1.94. The third kappa shape index (κ3) is 3.56. The molecule has 2 N–H and O–H groups in total. The first kappa shape index (κ1) is 16.8. The second kappa shape index (κ2) is 6.85. The van der Waals surface area contributed by atoms with Gasteiger partial charge in [0.25, 0.3) is 5.69 Å². The lowest BCUT2D eigenvalue weighted by atomic mass is 10.2. The normalized spacial score (nSPS) is 10.9. The van der Waals surface area contributed by atoms with Crippen molar-refractivity contribution in [2.75, 3.05) is 0 Å². The first-order chi connectivity index (χ1) is 12.4. The molecule has 0 unspecified atom stereocenters. The van der Waals surface area contributed by atoms with Crippen molar-refractivity contribution in [3.8, 4) is 17.4 Å². The maximum Gasteiger partial charge on any atom is 0.335 e. The van der Waals surface area contributed by atoms with Crippen LogP contribution in [-0.4, -0.2) is 32.3 Å². The highest BCUT2D eigenvalue weighted by Gasteiger charge is 2.14. The first-order valence-corrected chi connectivity index (χ1v) is 7.26. The molecule has 1 aromatic heterocycles. The van der Waals surface area contributed by atoms with E-state index in [0.29, 0.717) is 11.3 Å². The van der Waals surface area contributed by atoms with Gasteiger partial charge in [0.05, 0.1) is 22.4 Å². The molecular formula is C17H11N3O6. The van der Waals surface area contributed by atoms with E-state index < -0.39 is 16.8 Å². The van der Waals surface area contributed by atoms with Crippen molar-refractivity contribution in [3.63, 3.8) is 0 Å². The summed E-state index contributed by atoms with van der Waals surface area (Å²) in [7, 11) is 0. The second-order valence-electron chi connectivity index (χ2n) is 5.12. The zero-order valence-corrected chi connectivity index (χ0v) is 13.1. The van der Waals surface area contributed by atoms with Gasteiger partial charge in [-0.1, -0.05) is 0 Å². The van der Waals surface area contributed by atoms with Crippen LogP contribution in [0.2, 0.25) is 0 Å². The van der Waals surface area contributed by atoms with Gasteiger partial charge in [-0.15, -0.1) is 0 Å². The number of hydrogen-bond donors (Lipinski definition) is 2. The Bertz CT molecular complexity index is 990. The fourth-order valence-electron chi connectivity index (χ4n) is 2.08. The number of nitrogens with zero attached hydrogens (tertiary/aromatic N) is 3. The van der Waals surface area contributed by atoms with E-state index in [1.165, 1.54) is 54.7 Å². The van der Waals surface area contributed by atoms with Crippen LogP contribution < -0.4 is 0 Å². The van der Waals surface area contributed by atoms with Crippen molar-refractivity contribution in [3.05, 3.63) is 69.9 Å². The summed E-state index contributed by atoms with van der Waals surface area (Å²) in [6.45, 7) is 0. The molecule has 0 aliphatic rings. The zero-order chi connectivity index (χ0) is 18.7. The van der Waals surface area contributed by atoms with Crippen molar-refractivity contribution < 1.29 is 24.3 Å². The zero-order valence-electron chi connectivity index (χ0n) is 13.1. The first-order valence-electron chi connectivity index (χ1n) is 7.26. The highest BCUT2D eigenvalue weighted by Crippen LogP contribution is 2.27. The SMILES string of the molecule is O=C(O)c1ccc(N=Cc2nc(-c3ccc([N+](=O)[O-])cc3)oc2O)cc1. The van der Waals surface area contributed by atoms with Gasteiger partial charge in [0.15, 0.2) is 5.69 Å². The number of benzene rings is 2. The monoisotopic (exact) mass is 353 g/mol. The van der Waals surface area contributed by atoms with E-state index in [1.54, 1.807) is 0 Å². The lowest BCUT2D eigenvalue weighted by Gasteiger charge is -1.95. The Morgan fingerprint density at radius 3 is 2.38 bits per heavy atom. The second-order valence-corrected chi connectivity index (χ2v) is 5.12. The van der Waals surface area contributed by atoms with Gasteiger partial charge in [-0.05, 0) is 36.4 Å². The van der Waals surface area contributed by atoms with Gasteiger partial charge in [0, 0.05) is 17.7 Å². The van der Waals surface area contributed by atoms with Gasteiger partial charge in [-0.3, -0.25) is 15.1 Å². The summed E-state index contributed by atoms with van der Waals surface area (Å²) >= 11 is 0. The van der Waals surface area contributed by atoms with Crippen molar-refractivity contribution in [2.45, 2.75) is 0 Å². The van der Waals surface area contributed by atoms with Crippen molar-refractivity contribution in [1.29, 1.82) is 0 Å². The van der Waals surface area contributed by atoms with Crippen LogP contribution in [-0.2, 0) is 0 Å². The topological polar surface area (TPSA) is 139 Å². The van der Waals surface area contributed by atoms with Gasteiger partial charge in [-0.25, -0.2) is 9.78 Å². The fraction of sp³-hybridized carbons (Fsp3) is 0. The largest absolute Gasteiger partial charge is 0.479 e. The van der Waals surface area contributed by atoms with E-state index in [9.17, 15) is 20.0 Å². The Kier molecular flexibility index (Phi) is 4.44. The van der Waals surface area contributed by atoms with Crippen LogP contribution in [0.4, 0.5) is 11.4 Å². The van der Waals surface area contributed by atoms with E-state index in [2.05, 4.69) is 9.98 Å². The number of oxazole rings is 1. The van der Waals surface area contributed by atoms with Gasteiger partial charge < -0.3 is 14.6 Å². The summed E-state index contributed by atoms with van der Waals surface area (Å²) in [5, 5.41) is 29.3. The Morgan fingerprint density at radius 1 is 1.15 bits per heavy atom. The number of nitro benzene ring substituents is 1. The number of aromatic nitrogens is 1. The number of aromatic carboxylic acids is 1. The van der Waals surface area contributed by atoms with Crippen LogP contribution in [0.15, 0.2) is 57.9 Å². The van der Waals surface area contributed by atoms with E-state index in [1.807, 2.05) is 0 Å². The number of carboxylic acids is 1. The summed E-state index contributed by atoms with van der Waals surface area (Å²) < 4.78 is 5.15. The van der Waals surface area contributed by atoms with Crippen LogP contribution in [0.1, 0.15) is 16.1 Å². The van der Waals surface area contributed by atoms with E-state index in [0.717, 1.165) is 0 Å². The molecule has 0 amide bonds. The Labute approximate surface area is 146 Å². The van der Waals surface area contributed by atoms with Crippen molar-refractivity contribution >= 4 is 23.6 Å². The standard InChI is InChI=1S/C17H11N3O6/c21-16(22)11-1-5-12(6-2-11)18-9-14-17(23)26-15(19-14)10-3-7-13(8-4-10)20(24)25/h1-9,23H,(H,21,22). The molecule has 0 fully saturated rings. The van der Waals surface area contributed by atoms with Crippen LogP contribution in [0.5, 0.6) is 5.95 Å². The van der Waals surface area contributed by atoms with Crippen LogP contribution in [0.3, 0.4) is 0 Å². The molecule has 0 aliphatic heterocycles. The Hall–Kier alpha value is -4.01. The summed E-state index contributed by atoms with van der Waals surface area (Å²) in [6.07, 6.45) is 1.27. The third-order valence-corrected chi connectivity index (χ3v) is 3.41. The van der Waals surface area contributed by atoms with Gasteiger partial charge in [0.1, 0.15) is 0 Å². The molecule has 0 spiro atoms. The minimum Gasteiger partial charge on any atom is -0.479 e. The van der Waals surface area contributed by atoms with Crippen molar-refractivity contribution in [1.82, 2.24) is 4.98 Å². The number of rotatable bonds is 5. The highest BCUT2D eigenvalue weighted by atomic mass is 16.6. The molecule has 0 radical (unpaired) electrons. The molecule has 9 heteroatoms. The molecule has 9 nitrogen and oxygen atoms in total. The summed E-state index contributed by atoms with van der Waals surface area (Å²) in [5.41, 5.74) is 1.05. The molecule has 3 aromatic rings. The number of aliphatic imine (C=N–C) groups is 1. The average Bonchev–Trinajstić information content (AvgIpc) is 3.01. The quantitative estimate of drug-likeness (QED) is 0.407. The lowest BCUT2D eigenvalue weighted by molar-refractivity contribution is -0.384. The van der Waals surface area contributed by atoms with Crippen LogP contribution in [0, 0.1) is 10.1 Å². The number of carboxylic acid groups (broad SMARTS) is 1. The smallest absolute Gasteiger partial charge is 0.335 e. The minimum absolute atomic E-state index is 0.0701. The van der Waals surface area contributed by atoms with E-state index in [-0.39, 0.29) is 22.8 Å². The molecule has 2 aromatic carbocycles. The molecule has 0 bridgehead atoms. The van der Waals surface area contributed by atoms with Crippen LogP contribution >= 0.6 is 0 Å². The number of nitro groups is 1. The predicted molar refractivity (Wildman–Crippen MR) is 90.9 cm³/mol. The molecule has 0 saturated carbocycles. The number of carbonyl (C=O) groups is 1. The molecule has 3 rings (SSSR count). The molecule has 0 atom stereocenters. The summed E-state index contributed by atoms with van der Waals surface area (Å²) in [5.74, 6) is -1.41. The number of non-ortho nitro benzene ring substituents is 1. The van der Waals surface area contributed by atoms with Crippen molar-refractivity contribution in [2.24, 2.45) is 4.99 Å². The molecule has 1 heterocycles. The third-order valence-electron chi connectivity index (χ3n) is 3.41. The molecule has 130 valence electrons. The summed E-state index contributed by atoms with van der Waals surface area (Å²) in [4.78, 5) is 29.1. The minimum atomic E-state index is -1.04. The Balaban J connectivity index is 1.81. The summed E-state index contributed by atoms with van der Waals surface area (Å²) in [6, 6.07) is 11.3. The molecule has 0 saturated heterocycles. The van der Waals surface area contributed by atoms with Gasteiger partial charge in [0.2, 0.25) is 5.89 Å².